The van der Waals surface area contributed by atoms with Crippen molar-refractivity contribution < 1.29 is 32.7 Å². The number of carbonyl (C=O) groups excluding carboxylic acids is 4. The maximum atomic E-state index is 14.3. The number of carbonyl (C=O) groups is 4. The predicted molar refractivity (Wildman–Crippen MR) is 221 cm³/mol. The Morgan fingerprint density at radius 2 is 1.80 bits per heavy atom. The number of nitrogens with one attached hydrogen (secondary N) is 3. The van der Waals surface area contributed by atoms with Crippen LogP contribution in [0, 0.1) is 5.92 Å². The minimum absolute atomic E-state index is 0.0160. The quantitative estimate of drug-likeness (QED) is 0.161. The first-order valence-corrected chi connectivity index (χ1v) is 21.8. The Balaban J connectivity index is 0.699. The van der Waals surface area contributed by atoms with E-state index >= 15 is 0 Å². The molecule has 5 aliphatic rings. The summed E-state index contributed by atoms with van der Waals surface area (Å²) in [5.41, 5.74) is 1.35. The van der Waals surface area contributed by atoms with Crippen molar-refractivity contribution in [3.8, 4) is 0 Å². The summed E-state index contributed by atoms with van der Waals surface area (Å²) in [6.07, 6.45) is 7.04. The van der Waals surface area contributed by atoms with Crippen molar-refractivity contribution >= 4 is 68.1 Å². The molecule has 5 fully saturated rings. The molecule has 2 bridgehead atoms. The van der Waals surface area contributed by atoms with Crippen molar-refractivity contribution in [3.05, 3.63) is 59.8 Å². The van der Waals surface area contributed by atoms with Crippen molar-refractivity contribution in [2.45, 2.75) is 75.5 Å². The Morgan fingerprint density at radius 3 is 2.56 bits per heavy atom. The average Bonchev–Trinajstić information content (AvgIpc) is 4.11. The van der Waals surface area contributed by atoms with Gasteiger partial charge in [-0.3, -0.25) is 34.1 Å². The predicted octanol–water partition coefficient (Wildman–Crippen LogP) is 4.21. The molecular formula is C41H46F2N12O5S. The van der Waals surface area contributed by atoms with E-state index in [4.69, 9.17) is 9.72 Å². The molecule has 0 unspecified atom stereocenters. The number of hydrogen-bond acceptors (Lipinski definition) is 13. The van der Waals surface area contributed by atoms with Gasteiger partial charge in [-0.2, -0.15) is 14.6 Å². The Morgan fingerprint density at radius 1 is 0.984 bits per heavy atom. The summed E-state index contributed by atoms with van der Waals surface area (Å²) < 4.78 is 42.7. The molecule has 10 rings (SSSR count). The number of imide groups is 1. The van der Waals surface area contributed by atoms with Gasteiger partial charge in [-0.1, -0.05) is 12.1 Å². The molecule has 1 saturated carbocycles. The number of anilines is 3. The number of benzene rings is 1. The van der Waals surface area contributed by atoms with Crippen molar-refractivity contribution in [2.24, 2.45) is 5.92 Å². The van der Waals surface area contributed by atoms with Gasteiger partial charge in [0.05, 0.1) is 65.2 Å². The highest BCUT2D eigenvalue weighted by atomic mass is 32.1. The minimum Gasteiger partial charge on any atom is -0.374 e. The molecule has 3 atom stereocenters. The second kappa shape index (κ2) is 16.4. The molecule has 8 heterocycles. The van der Waals surface area contributed by atoms with Crippen molar-refractivity contribution in [1.29, 1.82) is 0 Å². The number of ether oxygens (including phenoxy) is 1. The molecule has 0 radical (unpaired) electrons. The van der Waals surface area contributed by atoms with Gasteiger partial charge in [-0.05, 0) is 68.1 Å². The highest BCUT2D eigenvalue weighted by Gasteiger charge is 2.40. The van der Waals surface area contributed by atoms with Gasteiger partial charge in [0, 0.05) is 63.5 Å². The van der Waals surface area contributed by atoms with Gasteiger partial charge in [0.1, 0.15) is 11.4 Å². The standard InChI is InChI=1S/C41H46F2N12O5S/c42-38(43)36-31(46-41(59)29-17-44-54-11-10-32(47-39(29)54)53-19-26-16-25(53)22-60-26)20-55(49-36)24-6-4-23(5-7-24)18-51-12-14-52(15-13-51)21-34(57)45-30-3-1-2-27-35(50-61-37(27)30)28-8-9-33(56)48-40(28)58/h1-3,10-11,17,20,23-26,28,38H,4-9,12-16,18-19,21-22H2,(H,45,57)(H,46,59)(H,48,56,58)/t23?,24?,25-,26-,28+/m1/s1. The molecule has 0 spiro atoms. The van der Waals surface area contributed by atoms with Crippen LogP contribution in [0.4, 0.5) is 26.0 Å². The second-order valence-corrected chi connectivity index (χ2v) is 17.6. The van der Waals surface area contributed by atoms with E-state index in [0.29, 0.717) is 36.0 Å². The third kappa shape index (κ3) is 7.97. The molecule has 4 saturated heterocycles. The van der Waals surface area contributed by atoms with E-state index in [9.17, 15) is 28.0 Å². The topological polar surface area (TPSA) is 184 Å². The third-order valence-electron chi connectivity index (χ3n) is 12.9. The highest BCUT2D eigenvalue weighted by molar-refractivity contribution is 7.14. The molecule has 1 aliphatic carbocycles. The summed E-state index contributed by atoms with van der Waals surface area (Å²) in [5.74, 6) is -0.615. The average molecular weight is 857 g/mol. The number of amides is 4. The number of morpholine rings is 1. The van der Waals surface area contributed by atoms with Gasteiger partial charge < -0.3 is 25.2 Å². The Labute approximate surface area is 352 Å². The van der Waals surface area contributed by atoms with Crippen molar-refractivity contribution in [3.63, 3.8) is 0 Å². The molecule has 5 aromatic rings. The van der Waals surface area contributed by atoms with Crippen LogP contribution in [0.1, 0.15) is 85.1 Å². The van der Waals surface area contributed by atoms with Gasteiger partial charge in [0.2, 0.25) is 17.7 Å². The lowest BCUT2D eigenvalue weighted by atomic mass is 9.85. The number of aromatic nitrogens is 6. The Kier molecular flexibility index (Phi) is 10.7. The molecule has 4 aromatic heterocycles. The fourth-order valence-corrected chi connectivity index (χ4v) is 10.6. The minimum atomic E-state index is -2.87. The van der Waals surface area contributed by atoms with E-state index in [2.05, 4.69) is 45.2 Å². The molecule has 4 aliphatic heterocycles. The zero-order valence-corrected chi connectivity index (χ0v) is 34.2. The van der Waals surface area contributed by atoms with Gasteiger partial charge in [0.15, 0.2) is 11.3 Å². The zero-order valence-electron chi connectivity index (χ0n) is 33.3. The summed E-state index contributed by atoms with van der Waals surface area (Å²) in [4.78, 5) is 62.4. The molecule has 1 aromatic carbocycles. The second-order valence-electron chi connectivity index (χ2n) is 16.8. The van der Waals surface area contributed by atoms with Crippen LogP contribution in [-0.2, 0) is 19.1 Å². The summed E-state index contributed by atoms with van der Waals surface area (Å²) in [5, 5.41) is 17.5. The highest BCUT2D eigenvalue weighted by Crippen LogP contribution is 2.38. The molecule has 4 amide bonds. The molecule has 17 nitrogen and oxygen atoms in total. The number of piperidine rings is 1. The summed E-state index contributed by atoms with van der Waals surface area (Å²) in [6, 6.07) is 7.61. The smallest absolute Gasteiger partial charge is 0.284 e. The van der Waals surface area contributed by atoms with Crippen LogP contribution >= 0.6 is 11.5 Å². The summed E-state index contributed by atoms with van der Waals surface area (Å²) in [7, 11) is 0. The maximum absolute atomic E-state index is 14.3. The monoisotopic (exact) mass is 856 g/mol. The lowest BCUT2D eigenvalue weighted by molar-refractivity contribution is -0.134. The lowest BCUT2D eigenvalue weighted by Gasteiger charge is -2.38. The number of fused-ring (bicyclic) bond motifs is 4. The molecule has 20 heteroatoms. The lowest BCUT2D eigenvalue weighted by Crippen LogP contribution is -2.49. The first kappa shape index (κ1) is 39.7. The number of halogens is 2. The number of rotatable bonds is 11. The van der Waals surface area contributed by atoms with Crippen LogP contribution in [0.2, 0.25) is 0 Å². The van der Waals surface area contributed by atoms with Crippen LogP contribution in [-0.4, -0.2) is 127 Å². The van der Waals surface area contributed by atoms with E-state index in [-0.39, 0.29) is 60.1 Å². The van der Waals surface area contributed by atoms with Crippen LogP contribution in [0.3, 0.4) is 0 Å². The van der Waals surface area contributed by atoms with Gasteiger partial charge in [-0.15, -0.1) is 0 Å². The van der Waals surface area contributed by atoms with Crippen LogP contribution in [0.25, 0.3) is 15.7 Å². The normalized spacial score (nSPS) is 24.9. The molecule has 61 heavy (non-hydrogen) atoms. The fraction of sp³-hybridized carbons (Fsp3) is 0.512. The Hall–Kier alpha value is -5.44. The van der Waals surface area contributed by atoms with Crippen LogP contribution in [0.5, 0.6) is 0 Å². The number of nitrogens with zero attached hydrogens (tertiary/aromatic N) is 9. The van der Waals surface area contributed by atoms with Gasteiger partial charge in [0.25, 0.3) is 12.3 Å². The van der Waals surface area contributed by atoms with E-state index in [0.717, 1.165) is 87.3 Å². The number of hydrogen-bond donors (Lipinski definition) is 3. The van der Waals surface area contributed by atoms with Gasteiger partial charge >= 0.3 is 0 Å². The fourth-order valence-electron chi connectivity index (χ4n) is 9.66. The zero-order chi connectivity index (χ0) is 41.8. The molecule has 320 valence electrons. The van der Waals surface area contributed by atoms with Crippen LogP contribution < -0.4 is 20.9 Å². The number of alkyl halides is 2. The summed E-state index contributed by atoms with van der Waals surface area (Å²) in [6.45, 7) is 5.75. The Bertz CT molecular complexity index is 2490. The van der Waals surface area contributed by atoms with Crippen molar-refractivity contribution in [2.75, 3.05) is 68.0 Å². The largest absolute Gasteiger partial charge is 0.374 e. The van der Waals surface area contributed by atoms with E-state index in [1.165, 1.54) is 28.4 Å². The van der Waals surface area contributed by atoms with E-state index in [1.54, 1.807) is 10.9 Å². The summed E-state index contributed by atoms with van der Waals surface area (Å²) >= 11 is 1.24. The first-order valence-electron chi connectivity index (χ1n) is 21.0. The van der Waals surface area contributed by atoms with E-state index in [1.807, 2.05) is 24.3 Å². The van der Waals surface area contributed by atoms with Crippen molar-refractivity contribution in [1.82, 2.24) is 43.9 Å². The first-order chi connectivity index (χ1) is 29.6. The number of piperazine rings is 1. The molecular weight excluding hydrogens is 811 g/mol. The SMILES string of the molecule is O=C1CC[C@@H](c2nsc3c(NC(=O)CN4CCN(CC5CCC(n6cc(NC(=O)c7cnn8ccc(N9C[C@H]%10C[C@@H]9CO%10)nc78)c(C(F)F)n6)CC5)CC4)cccc23)C(=O)N1. The maximum Gasteiger partial charge on any atom is 0.284 e. The third-order valence-corrected chi connectivity index (χ3v) is 13.8. The van der Waals surface area contributed by atoms with Gasteiger partial charge in [-0.25, -0.2) is 18.3 Å². The van der Waals surface area contributed by atoms with E-state index < -0.39 is 23.9 Å². The molecule has 3 N–H and O–H groups in total. The van der Waals surface area contributed by atoms with Crippen LogP contribution in [0.15, 0.2) is 42.9 Å².